The van der Waals surface area contributed by atoms with E-state index in [2.05, 4.69) is 76.0 Å². The smallest absolute Gasteiger partial charge is 0.386 e. The molecule has 7 heterocycles. The summed E-state index contributed by atoms with van der Waals surface area (Å²) in [5.41, 5.74) is 6.90. The van der Waals surface area contributed by atoms with E-state index < -0.39 is 51.9 Å². The van der Waals surface area contributed by atoms with Crippen LogP contribution in [0.15, 0.2) is 36.2 Å². The highest BCUT2D eigenvalue weighted by Crippen LogP contribution is 2.58. The highest BCUT2D eigenvalue weighted by atomic mass is 32.7. The van der Waals surface area contributed by atoms with Gasteiger partial charge in [-0.1, -0.05) is 33.0 Å². The van der Waals surface area contributed by atoms with Crippen LogP contribution in [0.5, 0.6) is 0 Å². The summed E-state index contributed by atoms with van der Waals surface area (Å²) < 4.78 is 56.3. The maximum atomic E-state index is 13.8. The molecule has 0 spiro atoms. The van der Waals surface area contributed by atoms with E-state index in [1.807, 2.05) is 4.57 Å². The van der Waals surface area contributed by atoms with Crippen LogP contribution in [0, 0.1) is 11.8 Å². The van der Waals surface area contributed by atoms with Crippen molar-refractivity contribution in [1.82, 2.24) is 43.4 Å². The molecule has 286 valence electrons. The van der Waals surface area contributed by atoms with Crippen LogP contribution in [0.3, 0.4) is 0 Å². The molecule has 53 heavy (non-hydrogen) atoms. The highest BCUT2D eigenvalue weighted by molar-refractivity contribution is 8.44. The number of fused-ring (bicyclic) bond motifs is 6. The fraction of sp³-hybridized carbons (Fsp3) is 0.586. The molecule has 4 N–H and O–H groups in total. The Bertz CT molecular complexity index is 2370. The predicted molar refractivity (Wildman–Crippen MR) is 201 cm³/mol. The van der Waals surface area contributed by atoms with E-state index in [-0.39, 0.29) is 65.5 Å². The third-order valence-corrected chi connectivity index (χ3v) is 18.5. The van der Waals surface area contributed by atoms with Crippen LogP contribution in [-0.2, 0) is 43.6 Å². The normalized spacial score (nSPS) is 33.2. The molecule has 0 aromatic carbocycles. The number of anilines is 1. The molecule has 0 amide bonds. The topological polar surface area (TPSA) is 230 Å². The minimum Gasteiger partial charge on any atom is -0.408 e. The predicted octanol–water partition coefficient (Wildman–Crippen LogP) is 3.96. The van der Waals surface area contributed by atoms with E-state index in [1.165, 1.54) is 21.6 Å². The zero-order valence-electron chi connectivity index (χ0n) is 29.4. The third kappa shape index (κ3) is 6.73. The quantitative estimate of drug-likeness (QED) is 0.114. The van der Waals surface area contributed by atoms with Crippen molar-refractivity contribution in [2.75, 3.05) is 25.6 Å². The molecule has 1 aliphatic carbocycles. The lowest BCUT2D eigenvalue weighted by molar-refractivity contribution is -0.0463. The van der Waals surface area contributed by atoms with Crippen LogP contribution in [0.4, 0.5) is 5.82 Å². The SMILES string of the molecule is CC(C)(C)[Si](C)(C)OC1[C@H]2OP(O)(=S)OC[C@H]3C[C@@H](n4cnc5c(N)ncnc54)[C@@H]3COP(=O)(S)OC[C@H]1O[C@H]2n1cnc2c(=O)n3cc[nH]c3nc21. The number of nitrogens with zero attached hydrogens (tertiary/aromatic N) is 8. The summed E-state index contributed by atoms with van der Waals surface area (Å²) in [6.07, 6.45) is 4.01. The number of nitrogens with two attached hydrogens (primary N) is 1. The number of hydrogen-bond acceptors (Lipinski definition) is 15. The molecular weight excluding hydrogens is 787 g/mol. The number of H-pyrrole nitrogens is 1. The molecule has 5 aromatic rings. The van der Waals surface area contributed by atoms with Crippen LogP contribution in [0.1, 0.15) is 39.5 Å². The molecule has 9 atom stereocenters. The van der Waals surface area contributed by atoms with Gasteiger partial charge in [0.1, 0.15) is 30.2 Å². The zero-order valence-corrected chi connectivity index (χ0v) is 33.9. The van der Waals surface area contributed by atoms with E-state index in [9.17, 15) is 14.3 Å². The number of nitrogens with one attached hydrogen (secondary N) is 1. The lowest BCUT2D eigenvalue weighted by Crippen LogP contribution is -2.50. The largest absolute Gasteiger partial charge is 0.408 e. The molecule has 3 unspecified atom stereocenters. The molecular formula is C29H40N10O9P2S2Si. The lowest BCUT2D eigenvalue weighted by atomic mass is 9.70. The molecule has 1 saturated carbocycles. The lowest BCUT2D eigenvalue weighted by Gasteiger charge is -2.45. The molecule has 2 bridgehead atoms. The van der Waals surface area contributed by atoms with E-state index in [0.717, 1.165) is 0 Å². The van der Waals surface area contributed by atoms with Crippen LogP contribution in [0.2, 0.25) is 18.1 Å². The van der Waals surface area contributed by atoms with E-state index in [1.54, 1.807) is 18.7 Å². The molecule has 5 aromatic heterocycles. The number of ether oxygens (including phenoxy) is 1. The van der Waals surface area contributed by atoms with Crippen molar-refractivity contribution in [2.45, 2.75) is 75.9 Å². The second kappa shape index (κ2) is 13.3. The molecule has 2 aliphatic heterocycles. The van der Waals surface area contributed by atoms with E-state index in [4.69, 9.17) is 44.8 Å². The summed E-state index contributed by atoms with van der Waals surface area (Å²) in [4.78, 5) is 49.7. The van der Waals surface area contributed by atoms with Gasteiger partial charge >= 0.3 is 13.5 Å². The van der Waals surface area contributed by atoms with Gasteiger partial charge in [-0.05, 0) is 42.3 Å². The van der Waals surface area contributed by atoms with Crippen molar-refractivity contribution >= 4 is 79.8 Å². The second-order valence-corrected chi connectivity index (χ2v) is 25.5. The van der Waals surface area contributed by atoms with E-state index in [0.29, 0.717) is 17.6 Å². The van der Waals surface area contributed by atoms with Gasteiger partial charge in [0.2, 0.25) is 5.78 Å². The summed E-state index contributed by atoms with van der Waals surface area (Å²) in [5, 5.41) is -0.259. The fourth-order valence-electron chi connectivity index (χ4n) is 6.84. The Morgan fingerprint density at radius 1 is 1.08 bits per heavy atom. The Balaban J connectivity index is 1.16. The molecule has 24 heteroatoms. The fourth-order valence-corrected chi connectivity index (χ4v) is 10.8. The maximum Gasteiger partial charge on any atom is 0.386 e. The summed E-state index contributed by atoms with van der Waals surface area (Å²) in [6, 6.07) is -0.204. The Labute approximate surface area is 314 Å². The van der Waals surface area contributed by atoms with Gasteiger partial charge in [0.05, 0.1) is 32.5 Å². The zero-order chi connectivity index (χ0) is 37.7. The van der Waals surface area contributed by atoms with Gasteiger partial charge in [0.25, 0.3) is 5.56 Å². The van der Waals surface area contributed by atoms with Gasteiger partial charge < -0.3 is 38.4 Å². The first kappa shape index (κ1) is 37.3. The highest BCUT2D eigenvalue weighted by Gasteiger charge is 2.54. The van der Waals surface area contributed by atoms with Crippen molar-refractivity contribution in [2.24, 2.45) is 11.8 Å². The number of nitrogen functional groups attached to an aromatic ring is 1. The van der Waals surface area contributed by atoms with Gasteiger partial charge in [-0.3, -0.25) is 22.8 Å². The standard InChI is InChI=1S/C29H40N10O9P2S2Si/c1-29(2,3)53(4,5)48-21-18-11-45-49(41,51)44-10-16-15(8-17(16)38-13-34-19-23(30)32-12-33-24(19)38)9-43-50(42,52)47-22(21)27(46-18)39-14-35-20-25(39)36-28-31-6-7-37(28)26(20)40/h6-7,12-18,21-22,27H,8-11H2,1-5H3,(H,31,36)(H,41,51)(H,42,52)(H2,30,32,33)/t15-,16-,17-,18-,21?,22-,27-,49?,50?/m1/s1. The van der Waals surface area contributed by atoms with Crippen LogP contribution in [0.25, 0.3) is 28.1 Å². The Hall–Kier alpha value is -2.59. The number of imidazole rings is 3. The number of aromatic amines is 1. The van der Waals surface area contributed by atoms with Gasteiger partial charge in [0.15, 0.2) is 37.2 Å². The number of thiol groups is 1. The van der Waals surface area contributed by atoms with Gasteiger partial charge in [0, 0.05) is 24.4 Å². The number of hydrogen-bond donors (Lipinski definition) is 4. The molecule has 8 rings (SSSR count). The van der Waals surface area contributed by atoms with Crippen LogP contribution >= 0.6 is 25.8 Å². The maximum absolute atomic E-state index is 13.8. The number of aromatic nitrogens is 9. The first-order valence-electron chi connectivity index (χ1n) is 16.9. The van der Waals surface area contributed by atoms with Crippen molar-refractivity contribution < 1.29 is 36.7 Å². The van der Waals surface area contributed by atoms with E-state index >= 15 is 0 Å². The van der Waals surface area contributed by atoms with Gasteiger partial charge in [-0.2, -0.15) is 4.98 Å². The summed E-state index contributed by atoms with van der Waals surface area (Å²) >= 11 is 10.0. The van der Waals surface area contributed by atoms with Crippen molar-refractivity contribution in [3.63, 3.8) is 0 Å². The van der Waals surface area contributed by atoms with Crippen molar-refractivity contribution in [1.29, 1.82) is 0 Å². The Morgan fingerprint density at radius 2 is 1.81 bits per heavy atom. The average molecular weight is 827 g/mol. The third-order valence-electron chi connectivity index (χ3n) is 10.8. The first-order chi connectivity index (χ1) is 24.9. The van der Waals surface area contributed by atoms with Gasteiger partial charge in [-0.15, -0.1) is 0 Å². The minimum atomic E-state index is -4.02. The molecule has 19 nitrogen and oxygen atoms in total. The molecule has 3 aliphatic rings. The van der Waals surface area contributed by atoms with Crippen LogP contribution < -0.4 is 11.3 Å². The molecule has 2 saturated heterocycles. The summed E-state index contributed by atoms with van der Waals surface area (Å²) in [6.45, 7) is 1.99. The van der Waals surface area contributed by atoms with Crippen LogP contribution in [-0.4, -0.2) is 94.8 Å². The number of rotatable bonds is 4. The first-order valence-corrected chi connectivity index (χ1v) is 25.1. The molecule has 0 radical (unpaired) electrons. The summed E-state index contributed by atoms with van der Waals surface area (Å²) in [7, 11) is -2.60. The molecule has 3 fully saturated rings. The minimum absolute atomic E-state index is 0.00759. The van der Waals surface area contributed by atoms with Crippen molar-refractivity contribution in [3.8, 4) is 0 Å². The Kier molecular flexibility index (Phi) is 9.35. The second-order valence-electron chi connectivity index (χ2n) is 15.0. The average Bonchev–Trinajstić information content (AvgIpc) is 3.86. The van der Waals surface area contributed by atoms with Gasteiger partial charge in [-0.25, -0.2) is 24.5 Å². The summed E-state index contributed by atoms with van der Waals surface area (Å²) in [5.74, 6) is 0.0146. The van der Waals surface area contributed by atoms with Crippen molar-refractivity contribution in [3.05, 3.63) is 41.7 Å². The monoisotopic (exact) mass is 826 g/mol. The Morgan fingerprint density at radius 3 is 2.58 bits per heavy atom.